The van der Waals surface area contributed by atoms with E-state index in [1.54, 1.807) is 0 Å². The summed E-state index contributed by atoms with van der Waals surface area (Å²) in [6.45, 7) is 6.23. The fraction of sp³-hybridized carbons (Fsp3) is 0.582. The molecule has 0 aromatic heterocycles. The molecule has 6 heteroatoms. The third kappa shape index (κ3) is 46.7. The Morgan fingerprint density at radius 1 is 0.344 bits per heavy atom. The normalized spacial score (nSPS) is 13.2. The Kier molecular flexibility index (Phi) is 45.1. The molecule has 0 rings (SSSR count). The van der Waals surface area contributed by atoms with Crippen molar-refractivity contribution in [1.82, 2.24) is 0 Å². The molecule has 0 bridgehead atoms. The van der Waals surface area contributed by atoms with Crippen LogP contribution in [0.2, 0.25) is 0 Å². The summed E-state index contributed by atoms with van der Waals surface area (Å²) >= 11 is 0. The zero-order valence-electron chi connectivity index (χ0n) is 38.9. The molecule has 0 fully saturated rings. The van der Waals surface area contributed by atoms with Crippen molar-refractivity contribution in [3.05, 3.63) is 122 Å². The summed E-state index contributed by atoms with van der Waals surface area (Å²) in [5.41, 5.74) is 0. The highest BCUT2D eigenvalue weighted by atomic mass is 16.6. The molecule has 1 atom stereocenters. The standard InChI is InChI=1S/C55H86O6/c1-4-7-10-13-15-17-19-21-23-24-25-26-27-28-29-30-32-33-35-37-39-42-45-48-54(57)60-51-52(50-59-53(56)47-44-41-12-9-6-3)61-55(58)49-46-43-40-38-36-34-31-22-20-18-16-14-11-8-5-2/h7-8,10-11,15-18,21-23,25-26,28-29,31-33,36,38,52H,4-6,9,12-14,19-20,24,27,30,34-35,37,39-51H2,1-3H3/b10-7-,11-8-,17-15-,18-16-,23-21-,26-25-,29-28-,31-22-,33-32-,38-36-. The Bertz CT molecular complexity index is 1340. The molecule has 0 aromatic rings. The van der Waals surface area contributed by atoms with Gasteiger partial charge in [-0.2, -0.15) is 0 Å². The zero-order valence-corrected chi connectivity index (χ0v) is 38.9. The molecule has 342 valence electrons. The third-order valence-electron chi connectivity index (χ3n) is 9.46. The van der Waals surface area contributed by atoms with E-state index < -0.39 is 6.10 Å². The monoisotopic (exact) mass is 843 g/mol. The van der Waals surface area contributed by atoms with E-state index in [2.05, 4.69) is 142 Å². The zero-order chi connectivity index (χ0) is 44.4. The van der Waals surface area contributed by atoms with Gasteiger partial charge in [-0.25, -0.2) is 0 Å². The fourth-order valence-corrected chi connectivity index (χ4v) is 5.90. The molecule has 0 aliphatic heterocycles. The van der Waals surface area contributed by atoms with Gasteiger partial charge in [0.05, 0.1) is 0 Å². The summed E-state index contributed by atoms with van der Waals surface area (Å²) < 4.78 is 16.6. The molecule has 0 radical (unpaired) electrons. The number of rotatable bonds is 41. The first-order valence-electron chi connectivity index (χ1n) is 24.0. The van der Waals surface area contributed by atoms with Gasteiger partial charge in [0.15, 0.2) is 6.10 Å². The van der Waals surface area contributed by atoms with E-state index in [0.29, 0.717) is 19.3 Å². The summed E-state index contributed by atoms with van der Waals surface area (Å²) in [6.07, 6.45) is 66.5. The molecular weight excluding hydrogens is 757 g/mol. The lowest BCUT2D eigenvalue weighted by Gasteiger charge is -2.18. The van der Waals surface area contributed by atoms with E-state index in [0.717, 1.165) is 141 Å². The minimum absolute atomic E-state index is 0.108. The minimum Gasteiger partial charge on any atom is -0.462 e. The summed E-state index contributed by atoms with van der Waals surface area (Å²) in [5, 5.41) is 0. The second kappa shape index (κ2) is 48.5. The lowest BCUT2D eigenvalue weighted by molar-refractivity contribution is -0.167. The van der Waals surface area contributed by atoms with Crippen LogP contribution in [0.4, 0.5) is 0 Å². The predicted octanol–water partition coefficient (Wildman–Crippen LogP) is 15.7. The number of ether oxygens (including phenoxy) is 3. The van der Waals surface area contributed by atoms with E-state index in [9.17, 15) is 14.4 Å². The van der Waals surface area contributed by atoms with Gasteiger partial charge in [-0.05, 0) is 109 Å². The van der Waals surface area contributed by atoms with Crippen LogP contribution < -0.4 is 0 Å². The molecule has 6 nitrogen and oxygen atoms in total. The Morgan fingerprint density at radius 2 is 0.639 bits per heavy atom. The van der Waals surface area contributed by atoms with Crippen LogP contribution in [-0.4, -0.2) is 37.2 Å². The largest absolute Gasteiger partial charge is 0.462 e. The number of hydrogen-bond donors (Lipinski definition) is 0. The molecule has 0 saturated heterocycles. The Balaban J connectivity index is 4.32. The van der Waals surface area contributed by atoms with Crippen LogP contribution >= 0.6 is 0 Å². The molecule has 1 unspecified atom stereocenters. The first-order chi connectivity index (χ1) is 30.0. The molecule has 0 spiro atoms. The molecule has 0 aromatic carbocycles. The van der Waals surface area contributed by atoms with Crippen molar-refractivity contribution < 1.29 is 28.6 Å². The second-order valence-electron chi connectivity index (χ2n) is 15.3. The smallest absolute Gasteiger partial charge is 0.306 e. The number of hydrogen-bond acceptors (Lipinski definition) is 6. The Labute approximate surface area is 373 Å². The maximum Gasteiger partial charge on any atom is 0.306 e. The Hall–Kier alpha value is -4.19. The van der Waals surface area contributed by atoms with Gasteiger partial charge >= 0.3 is 17.9 Å². The first kappa shape index (κ1) is 56.8. The lowest BCUT2D eigenvalue weighted by atomic mass is 10.1. The molecule has 61 heavy (non-hydrogen) atoms. The average Bonchev–Trinajstić information content (AvgIpc) is 3.26. The van der Waals surface area contributed by atoms with Crippen LogP contribution in [0.3, 0.4) is 0 Å². The summed E-state index contributed by atoms with van der Waals surface area (Å²) in [7, 11) is 0. The number of unbranched alkanes of at least 4 members (excludes halogenated alkanes) is 10. The van der Waals surface area contributed by atoms with Crippen molar-refractivity contribution >= 4 is 17.9 Å². The average molecular weight is 843 g/mol. The Morgan fingerprint density at radius 3 is 1.02 bits per heavy atom. The first-order valence-corrected chi connectivity index (χ1v) is 24.0. The van der Waals surface area contributed by atoms with Gasteiger partial charge in [0.1, 0.15) is 13.2 Å². The lowest BCUT2D eigenvalue weighted by Crippen LogP contribution is -2.30. The molecular formula is C55H86O6. The van der Waals surface area contributed by atoms with Crippen LogP contribution in [0.25, 0.3) is 0 Å². The number of esters is 3. The van der Waals surface area contributed by atoms with Crippen LogP contribution in [0.15, 0.2) is 122 Å². The highest BCUT2D eigenvalue weighted by molar-refractivity contribution is 5.71. The maximum absolute atomic E-state index is 12.7. The van der Waals surface area contributed by atoms with Crippen molar-refractivity contribution in [3.8, 4) is 0 Å². The van der Waals surface area contributed by atoms with Crippen LogP contribution in [-0.2, 0) is 28.6 Å². The number of carbonyl (C=O) groups is 3. The van der Waals surface area contributed by atoms with Crippen LogP contribution in [0, 0.1) is 0 Å². The maximum atomic E-state index is 12.7. The summed E-state index contributed by atoms with van der Waals surface area (Å²) in [6, 6.07) is 0. The quantitative estimate of drug-likeness (QED) is 0.0264. The van der Waals surface area contributed by atoms with E-state index >= 15 is 0 Å². The van der Waals surface area contributed by atoms with Gasteiger partial charge in [0, 0.05) is 19.3 Å². The highest BCUT2D eigenvalue weighted by Gasteiger charge is 2.19. The molecule has 0 aliphatic rings. The van der Waals surface area contributed by atoms with Gasteiger partial charge in [0.25, 0.3) is 0 Å². The van der Waals surface area contributed by atoms with Crippen LogP contribution in [0.1, 0.15) is 188 Å². The second-order valence-corrected chi connectivity index (χ2v) is 15.3. The molecule has 0 N–H and O–H groups in total. The fourth-order valence-electron chi connectivity index (χ4n) is 5.90. The summed E-state index contributed by atoms with van der Waals surface area (Å²) in [5.74, 6) is -1.00. The minimum atomic E-state index is -0.809. The topological polar surface area (TPSA) is 78.9 Å². The van der Waals surface area contributed by atoms with E-state index in [-0.39, 0.29) is 37.5 Å². The van der Waals surface area contributed by atoms with Crippen molar-refractivity contribution in [2.24, 2.45) is 0 Å². The van der Waals surface area contributed by atoms with Gasteiger partial charge in [0.2, 0.25) is 0 Å². The molecule has 0 heterocycles. The van der Waals surface area contributed by atoms with Crippen molar-refractivity contribution in [2.75, 3.05) is 13.2 Å². The third-order valence-corrected chi connectivity index (χ3v) is 9.46. The van der Waals surface area contributed by atoms with Gasteiger partial charge in [-0.3, -0.25) is 14.4 Å². The molecule has 0 amide bonds. The molecule has 0 saturated carbocycles. The number of carbonyl (C=O) groups excluding carboxylic acids is 3. The van der Waals surface area contributed by atoms with Gasteiger partial charge in [-0.1, -0.05) is 181 Å². The highest BCUT2D eigenvalue weighted by Crippen LogP contribution is 2.11. The van der Waals surface area contributed by atoms with E-state index in [4.69, 9.17) is 14.2 Å². The van der Waals surface area contributed by atoms with Gasteiger partial charge in [-0.15, -0.1) is 0 Å². The number of allylic oxidation sites excluding steroid dienone is 20. The van der Waals surface area contributed by atoms with E-state index in [1.807, 2.05) is 0 Å². The van der Waals surface area contributed by atoms with Gasteiger partial charge < -0.3 is 14.2 Å². The molecule has 0 aliphatic carbocycles. The summed E-state index contributed by atoms with van der Waals surface area (Å²) in [4.78, 5) is 37.6. The van der Waals surface area contributed by atoms with Crippen molar-refractivity contribution in [3.63, 3.8) is 0 Å². The van der Waals surface area contributed by atoms with Crippen molar-refractivity contribution in [1.29, 1.82) is 0 Å². The van der Waals surface area contributed by atoms with Crippen LogP contribution in [0.5, 0.6) is 0 Å². The predicted molar refractivity (Wildman–Crippen MR) is 260 cm³/mol. The van der Waals surface area contributed by atoms with Crippen molar-refractivity contribution in [2.45, 2.75) is 194 Å². The SMILES string of the molecule is CC/C=C\C/C=C\C/C=C\C/C=C\C/C=C\C/C=C\CCCCCCC(=O)OCC(COC(=O)CCCCCCC)OC(=O)CCCC/C=C\C/C=C\C/C=C\C/C=C\CC. The van der Waals surface area contributed by atoms with E-state index in [1.165, 1.54) is 0 Å².